The highest BCUT2D eigenvalue weighted by molar-refractivity contribution is 5.61. The van der Waals surface area contributed by atoms with Gasteiger partial charge in [0.1, 0.15) is 11.6 Å². The standard InChI is InChI=1S/C13H17N3O/c1-13(2,3)12-15-10(7-11(14-4)16-12)9-5-6-17-8-9/h5-8H,1-4H3,(H,14,15,16). The predicted octanol–water partition coefficient (Wildman–Crippen LogP) is 3.08. The van der Waals surface area contributed by atoms with E-state index in [1.807, 2.05) is 19.2 Å². The second kappa shape index (κ2) is 4.20. The van der Waals surface area contributed by atoms with Gasteiger partial charge in [-0.2, -0.15) is 0 Å². The molecule has 2 aromatic heterocycles. The number of aromatic nitrogens is 2. The molecule has 2 heterocycles. The molecule has 0 amide bonds. The van der Waals surface area contributed by atoms with Gasteiger partial charge in [0, 0.05) is 24.1 Å². The molecule has 0 spiro atoms. The van der Waals surface area contributed by atoms with E-state index in [0.717, 1.165) is 22.9 Å². The fourth-order valence-electron chi connectivity index (χ4n) is 1.47. The van der Waals surface area contributed by atoms with E-state index in [4.69, 9.17) is 4.42 Å². The third-order valence-corrected chi connectivity index (χ3v) is 2.47. The Kier molecular flexibility index (Phi) is 2.88. The Balaban J connectivity index is 2.54. The van der Waals surface area contributed by atoms with Crippen LogP contribution in [-0.4, -0.2) is 17.0 Å². The number of rotatable bonds is 2. The first-order chi connectivity index (χ1) is 8.00. The molecule has 2 rings (SSSR count). The van der Waals surface area contributed by atoms with Crippen molar-refractivity contribution in [1.29, 1.82) is 0 Å². The largest absolute Gasteiger partial charge is 0.472 e. The van der Waals surface area contributed by atoms with Gasteiger partial charge in [-0.1, -0.05) is 20.8 Å². The summed E-state index contributed by atoms with van der Waals surface area (Å²) in [4.78, 5) is 9.06. The minimum absolute atomic E-state index is 0.0780. The molecule has 0 fully saturated rings. The summed E-state index contributed by atoms with van der Waals surface area (Å²) in [5, 5.41) is 3.06. The van der Waals surface area contributed by atoms with Crippen LogP contribution >= 0.6 is 0 Å². The zero-order valence-electron chi connectivity index (χ0n) is 10.6. The summed E-state index contributed by atoms with van der Waals surface area (Å²) < 4.78 is 5.09. The van der Waals surface area contributed by atoms with Crippen molar-refractivity contribution >= 4 is 5.82 Å². The van der Waals surface area contributed by atoms with E-state index >= 15 is 0 Å². The van der Waals surface area contributed by atoms with Crippen molar-refractivity contribution in [2.24, 2.45) is 0 Å². The number of anilines is 1. The number of furan rings is 1. The summed E-state index contributed by atoms with van der Waals surface area (Å²) in [5.41, 5.74) is 1.77. The van der Waals surface area contributed by atoms with E-state index in [0.29, 0.717) is 0 Å². The Labute approximate surface area is 101 Å². The van der Waals surface area contributed by atoms with Gasteiger partial charge in [-0.3, -0.25) is 0 Å². The van der Waals surface area contributed by atoms with E-state index in [2.05, 4.69) is 36.1 Å². The van der Waals surface area contributed by atoms with Crippen molar-refractivity contribution in [3.8, 4) is 11.3 Å². The molecule has 17 heavy (non-hydrogen) atoms. The van der Waals surface area contributed by atoms with Crippen LogP contribution in [0.15, 0.2) is 29.1 Å². The van der Waals surface area contributed by atoms with Crippen LogP contribution in [0.5, 0.6) is 0 Å². The Bertz CT molecular complexity index is 498. The van der Waals surface area contributed by atoms with Gasteiger partial charge in [0.25, 0.3) is 0 Å². The maximum absolute atomic E-state index is 5.09. The molecule has 0 aliphatic rings. The first kappa shape index (κ1) is 11.6. The van der Waals surface area contributed by atoms with Crippen LogP contribution < -0.4 is 5.32 Å². The van der Waals surface area contributed by atoms with Crippen LogP contribution in [0.3, 0.4) is 0 Å². The minimum Gasteiger partial charge on any atom is -0.472 e. The average molecular weight is 231 g/mol. The number of hydrogen-bond acceptors (Lipinski definition) is 4. The second-order valence-electron chi connectivity index (χ2n) is 4.97. The normalized spacial score (nSPS) is 11.5. The van der Waals surface area contributed by atoms with Gasteiger partial charge in [0.15, 0.2) is 0 Å². The quantitative estimate of drug-likeness (QED) is 0.863. The molecule has 0 aromatic carbocycles. The molecule has 0 aliphatic heterocycles. The minimum atomic E-state index is -0.0780. The molecule has 0 unspecified atom stereocenters. The highest BCUT2D eigenvalue weighted by Gasteiger charge is 2.19. The average Bonchev–Trinajstić information content (AvgIpc) is 2.80. The third kappa shape index (κ3) is 2.46. The van der Waals surface area contributed by atoms with Gasteiger partial charge in [0.2, 0.25) is 0 Å². The van der Waals surface area contributed by atoms with Crippen LogP contribution in [0.4, 0.5) is 5.82 Å². The molecule has 4 heteroatoms. The van der Waals surface area contributed by atoms with Gasteiger partial charge in [-0.25, -0.2) is 9.97 Å². The summed E-state index contributed by atoms with van der Waals surface area (Å²) >= 11 is 0. The lowest BCUT2D eigenvalue weighted by molar-refractivity contribution is 0.546. The van der Waals surface area contributed by atoms with Gasteiger partial charge in [-0.05, 0) is 6.07 Å². The Morgan fingerprint density at radius 2 is 2.00 bits per heavy atom. The molecule has 0 aliphatic carbocycles. The number of hydrogen-bond donors (Lipinski definition) is 1. The van der Waals surface area contributed by atoms with Crippen LogP contribution in [0.25, 0.3) is 11.3 Å². The van der Waals surface area contributed by atoms with Gasteiger partial charge >= 0.3 is 0 Å². The summed E-state index contributed by atoms with van der Waals surface area (Å²) in [5.74, 6) is 1.64. The Morgan fingerprint density at radius 3 is 2.53 bits per heavy atom. The predicted molar refractivity (Wildman–Crippen MR) is 68.0 cm³/mol. The van der Waals surface area contributed by atoms with Crippen LogP contribution in [-0.2, 0) is 5.41 Å². The zero-order chi connectivity index (χ0) is 12.5. The SMILES string of the molecule is CNc1cc(-c2ccoc2)nc(C(C)(C)C)n1. The molecule has 0 atom stereocenters. The van der Waals surface area contributed by atoms with E-state index in [9.17, 15) is 0 Å². The van der Waals surface area contributed by atoms with Gasteiger partial charge < -0.3 is 9.73 Å². The maximum atomic E-state index is 5.09. The van der Waals surface area contributed by atoms with E-state index in [1.165, 1.54) is 0 Å². The van der Waals surface area contributed by atoms with Crippen molar-refractivity contribution in [2.75, 3.05) is 12.4 Å². The summed E-state index contributed by atoms with van der Waals surface area (Å²) in [7, 11) is 1.86. The highest BCUT2D eigenvalue weighted by atomic mass is 16.3. The fourth-order valence-corrected chi connectivity index (χ4v) is 1.47. The molecule has 0 saturated carbocycles. The lowest BCUT2D eigenvalue weighted by atomic mass is 9.95. The summed E-state index contributed by atoms with van der Waals surface area (Å²) in [6.07, 6.45) is 3.33. The van der Waals surface area contributed by atoms with E-state index < -0.39 is 0 Å². The summed E-state index contributed by atoms with van der Waals surface area (Å²) in [6.45, 7) is 6.29. The van der Waals surface area contributed by atoms with Crippen LogP contribution in [0, 0.1) is 0 Å². The van der Waals surface area contributed by atoms with Crippen molar-refractivity contribution in [2.45, 2.75) is 26.2 Å². The van der Waals surface area contributed by atoms with E-state index in [1.54, 1.807) is 12.5 Å². The van der Waals surface area contributed by atoms with Crippen molar-refractivity contribution in [3.63, 3.8) is 0 Å². The lowest BCUT2D eigenvalue weighted by Crippen LogP contribution is -2.17. The zero-order valence-corrected chi connectivity index (χ0v) is 10.6. The molecule has 0 bridgehead atoms. The van der Waals surface area contributed by atoms with E-state index in [-0.39, 0.29) is 5.41 Å². The fraction of sp³-hybridized carbons (Fsp3) is 0.385. The number of nitrogens with zero attached hydrogens (tertiary/aromatic N) is 2. The first-order valence-corrected chi connectivity index (χ1v) is 5.60. The van der Waals surface area contributed by atoms with Crippen molar-refractivity contribution in [1.82, 2.24) is 9.97 Å². The van der Waals surface area contributed by atoms with Crippen molar-refractivity contribution < 1.29 is 4.42 Å². The van der Waals surface area contributed by atoms with Crippen LogP contribution in [0.1, 0.15) is 26.6 Å². The molecule has 0 saturated heterocycles. The molecule has 90 valence electrons. The molecular formula is C13H17N3O. The van der Waals surface area contributed by atoms with Crippen molar-refractivity contribution in [3.05, 3.63) is 30.5 Å². The molecule has 0 radical (unpaired) electrons. The first-order valence-electron chi connectivity index (χ1n) is 5.60. The molecule has 2 aromatic rings. The monoisotopic (exact) mass is 231 g/mol. The topological polar surface area (TPSA) is 51.0 Å². The maximum Gasteiger partial charge on any atom is 0.136 e. The number of nitrogens with one attached hydrogen (secondary N) is 1. The smallest absolute Gasteiger partial charge is 0.136 e. The highest BCUT2D eigenvalue weighted by Crippen LogP contribution is 2.25. The third-order valence-electron chi connectivity index (χ3n) is 2.47. The Hall–Kier alpha value is -1.84. The molecule has 4 nitrogen and oxygen atoms in total. The van der Waals surface area contributed by atoms with Gasteiger partial charge in [-0.15, -0.1) is 0 Å². The molecule has 1 N–H and O–H groups in total. The Morgan fingerprint density at radius 1 is 1.24 bits per heavy atom. The lowest BCUT2D eigenvalue weighted by Gasteiger charge is -2.18. The van der Waals surface area contributed by atoms with Gasteiger partial charge in [0.05, 0.1) is 18.2 Å². The van der Waals surface area contributed by atoms with Crippen LogP contribution in [0.2, 0.25) is 0 Å². The second-order valence-corrected chi connectivity index (χ2v) is 4.97. The summed E-state index contributed by atoms with van der Waals surface area (Å²) in [6, 6.07) is 3.81. The molecular weight excluding hydrogens is 214 g/mol.